The molecule has 0 saturated carbocycles. The Labute approximate surface area is 133 Å². The highest BCUT2D eigenvalue weighted by atomic mass is 35.6. The lowest BCUT2D eigenvalue weighted by Crippen LogP contribution is -2.23. The predicted octanol–water partition coefficient (Wildman–Crippen LogP) is 3.45. The molecular weight excluding hydrogens is 345 g/mol. The summed E-state index contributed by atoms with van der Waals surface area (Å²) in [5.74, 6) is 0. The van der Waals surface area contributed by atoms with Crippen LogP contribution < -0.4 is 0 Å². The molecule has 1 saturated heterocycles. The Balaban J connectivity index is 2.12. The fourth-order valence-electron chi connectivity index (χ4n) is 2.19. The van der Waals surface area contributed by atoms with Crippen molar-refractivity contribution >= 4 is 45.1 Å². The highest BCUT2D eigenvalue weighted by Crippen LogP contribution is 2.48. The number of rotatable bonds is 5. The monoisotopic (exact) mass is 357 g/mol. The molecule has 0 N–H and O–H groups in total. The van der Waals surface area contributed by atoms with Crippen LogP contribution in [-0.4, -0.2) is 29.2 Å². The second kappa shape index (κ2) is 5.99. The summed E-state index contributed by atoms with van der Waals surface area (Å²) in [4.78, 5) is 0. The van der Waals surface area contributed by atoms with Crippen molar-refractivity contribution in [2.45, 2.75) is 29.2 Å². The van der Waals surface area contributed by atoms with Crippen molar-refractivity contribution in [3.05, 3.63) is 35.9 Å². The lowest BCUT2D eigenvalue weighted by atomic mass is 10.1. The first-order chi connectivity index (χ1) is 9.26. The Morgan fingerprint density at radius 2 is 1.85 bits per heavy atom. The first kappa shape index (κ1) is 16.3. The van der Waals surface area contributed by atoms with Crippen molar-refractivity contribution < 1.29 is 12.6 Å². The minimum Gasteiger partial charge on any atom is -0.253 e. The van der Waals surface area contributed by atoms with E-state index >= 15 is 0 Å². The SMILES string of the molecule is CCC1C(c2ccccc2)N1S(=O)(=O)OCC(Cl)(Cl)Cl. The Morgan fingerprint density at radius 1 is 1.25 bits per heavy atom. The van der Waals surface area contributed by atoms with E-state index in [9.17, 15) is 8.42 Å². The van der Waals surface area contributed by atoms with E-state index < -0.39 is 20.7 Å². The molecule has 0 spiro atoms. The van der Waals surface area contributed by atoms with Crippen LogP contribution in [0.5, 0.6) is 0 Å². The normalized spacial score (nSPS) is 26.5. The minimum atomic E-state index is -3.90. The van der Waals surface area contributed by atoms with Crippen LogP contribution in [-0.2, 0) is 14.5 Å². The van der Waals surface area contributed by atoms with E-state index in [0.717, 1.165) is 5.56 Å². The van der Waals surface area contributed by atoms with Crippen molar-refractivity contribution in [1.29, 1.82) is 0 Å². The molecule has 0 bridgehead atoms. The van der Waals surface area contributed by atoms with Crippen LogP contribution in [0.2, 0.25) is 0 Å². The molecule has 0 amide bonds. The zero-order valence-electron chi connectivity index (χ0n) is 10.7. The molecule has 20 heavy (non-hydrogen) atoms. The van der Waals surface area contributed by atoms with E-state index in [0.29, 0.717) is 6.42 Å². The number of hydrogen-bond acceptors (Lipinski definition) is 3. The Bertz CT molecular complexity index is 559. The molecule has 2 rings (SSSR count). The van der Waals surface area contributed by atoms with E-state index in [-0.39, 0.29) is 12.1 Å². The Morgan fingerprint density at radius 3 is 2.35 bits per heavy atom. The third kappa shape index (κ3) is 3.78. The van der Waals surface area contributed by atoms with Gasteiger partial charge in [0.2, 0.25) is 3.79 Å². The molecule has 1 aliphatic heterocycles. The van der Waals surface area contributed by atoms with Crippen molar-refractivity contribution in [2.24, 2.45) is 0 Å². The molecule has 1 aromatic carbocycles. The summed E-state index contributed by atoms with van der Waals surface area (Å²) in [6.45, 7) is 1.42. The molecule has 3 atom stereocenters. The number of halogens is 3. The lowest BCUT2D eigenvalue weighted by Gasteiger charge is -2.12. The largest absolute Gasteiger partial charge is 0.339 e. The standard InChI is InChI=1S/C12H14Cl3NO3S/c1-2-10-11(9-6-4-3-5-7-9)16(10)20(17,18)19-8-12(13,14)15/h3-7,10-11H,2,8H2,1H3. The van der Waals surface area contributed by atoms with Gasteiger partial charge in [-0.15, -0.1) is 0 Å². The van der Waals surface area contributed by atoms with Gasteiger partial charge in [0.1, 0.15) is 6.61 Å². The average Bonchev–Trinajstić information content (AvgIpc) is 3.12. The maximum Gasteiger partial charge on any atom is 0.339 e. The van der Waals surface area contributed by atoms with Gasteiger partial charge in [-0.1, -0.05) is 72.1 Å². The fourth-order valence-corrected chi connectivity index (χ4v) is 4.07. The molecule has 1 aliphatic rings. The maximum atomic E-state index is 12.1. The molecule has 112 valence electrons. The van der Waals surface area contributed by atoms with Gasteiger partial charge in [0, 0.05) is 6.04 Å². The molecule has 3 unspecified atom stereocenters. The van der Waals surface area contributed by atoms with Crippen molar-refractivity contribution in [3.8, 4) is 0 Å². The number of nitrogens with zero attached hydrogens (tertiary/aromatic N) is 1. The first-order valence-corrected chi connectivity index (χ1v) is 8.56. The molecule has 4 nitrogen and oxygen atoms in total. The van der Waals surface area contributed by atoms with Crippen molar-refractivity contribution in [3.63, 3.8) is 0 Å². The summed E-state index contributed by atoms with van der Waals surface area (Å²) in [7, 11) is -3.90. The van der Waals surface area contributed by atoms with Crippen LogP contribution in [0.1, 0.15) is 24.9 Å². The minimum absolute atomic E-state index is 0.113. The molecule has 1 aromatic rings. The summed E-state index contributed by atoms with van der Waals surface area (Å²) in [6.07, 6.45) is 0.690. The van der Waals surface area contributed by atoms with E-state index in [1.165, 1.54) is 4.31 Å². The first-order valence-electron chi connectivity index (χ1n) is 6.06. The van der Waals surface area contributed by atoms with Crippen LogP contribution >= 0.6 is 34.8 Å². The highest BCUT2D eigenvalue weighted by molar-refractivity contribution is 7.84. The van der Waals surface area contributed by atoms with E-state index in [1.807, 2.05) is 37.3 Å². The molecule has 8 heteroatoms. The summed E-state index contributed by atoms with van der Waals surface area (Å²) < 4.78 is 28.6. The number of hydrogen-bond donors (Lipinski definition) is 0. The number of benzene rings is 1. The van der Waals surface area contributed by atoms with Gasteiger partial charge in [-0.05, 0) is 12.0 Å². The van der Waals surface area contributed by atoms with Gasteiger partial charge in [0.05, 0.1) is 6.04 Å². The van der Waals surface area contributed by atoms with Gasteiger partial charge in [-0.3, -0.25) is 4.18 Å². The summed E-state index contributed by atoms with van der Waals surface area (Å²) in [6, 6.07) is 9.07. The smallest absolute Gasteiger partial charge is 0.253 e. The van der Waals surface area contributed by atoms with E-state index in [1.54, 1.807) is 0 Å². The average molecular weight is 359 g/mol. The molecule has 1 heterocycles. The zero-order chi connectivity index (χ0) is 15.0. The van der Waals surface area contributed by atoms with Gasteiger partial charge >= 0.3 is 10.3 Å². The highest BCUT2D eigenvalue weighted by Gasteiger charge is 2.55. The Hall–Kier alpha value is -0.0400. The molecular formula is C12H14Cl3NO3S. The fraction of sp³-hybridized carbons (Fsp3) is 0.500. The third-order valence-electron chi connectivity index (χ3n) is 3.06. The molecule has 0 aromatic heterocycles. The quantitative estimate of drug-likeness (QED) is 0.598. The molecule has 1 fully saturated rings. The van der Waals surface area contributed by atoms with Crippen LogP contribution in [0.15, 0.2) is 30.3 Å². The summed E-state index contributed by atoms with van der Waals surface area (Å²) in [5.41, 5.74) is 0.931. The van der Waals surface area contributed by atoms with Gasteiger partial charge in [-0.25, -0.2) is 0 Å². The van der Waals surface area contributed by atoms with Crippen LogP contribution in [0.3, 0.4) is 0 Å². The third-order valence-corrected chi connectivity index (χ3v) is 4.82. The zero-order valence-corrected chi connectivity index (χ0v) is 13.8. The van der Waals surface area contributed by atoms with Crippen LogP contribution in [0.4, 0.5) is 0 Å². The topological polar surface area (TPSA) is 46.4 Å². The van der Waals surface area contributed by atoms with Gasteiger partial charge in [0.15, 0.2) is 0 Å². The second-order valence-electron chi connectivity index (χ2n) is 4.50. The maximum absolute atomic E-state index is 12.1. The van der Waals surface area contributed by atoms with E-state index in [2.05, 4.69) is 0 Å². The number of alkyl halides is 3. The van der Waals surface area contributed by atoms with Crippen LogP contribution in [0, 0.1) is 0 Å². The summed E-state index contributed by atoms with van der Waals surface area (Å²) >= 11 is 16.5. The van der Waals surface area contributed by atoms with Crippen molar-refractivity contribution in [1.82, 2.24) is 4.31 Å². The van der Waals surface area contributed by atoms with Gasteiger partial charge < -0.3 is 0 Å². The van der Waals surface area contributed by atoms with Gasteiger partial charge in [0.25, 0.3) is 0 Å². The predicted molar refractivity (Wildman–Crippen MR) is 80.3 cm³/mol. The lowest BCUT2D eigenvalue weighted by molar-refractivity contribution is 0.302. The van der Waals surface area contributed by atoms with Crippen LogP contribution in [0.25, 0.3) is 0 Å². The van der Waals surface area contributed by atoms with Crippen molar-refractivity contribution in [2.75, 3.05) is 6.61 Å². The second-order valence-corrected chi connectivity index (χ2v) is 8.52. The Kier molecular flexibility index (Phi) is 4.89. The van der Waals surface area contributed by atoms with Gasteiger partial charge in [-0.2, -0.15) is 12.7 Å². The molecule has 0 radical (unpaired) electrons. The molecule has 0 aliphatic carbocycles. The summed E-state index contributed by atoms with van der Waals surface area (Å²) in [5, 5.41) is 0. The van der Waals surface area contributed by atoms with E-state index in [4.69, 9.17) is 39.0 Å².